The highest BCUT2D eigenvalue weighted by atomic mass is 16.5. The zero-order valence-corrected chi connectivity index (χ0v) is 18.8. The zero-order valence-electron chi connectivity index (χ0n) is 18.8. The fourth-order valence-corrected chi connectivity index (χ4v) is 4.35. The van der Waals surface area contributed by atoms with Crippen molar-refractivity contribution in [2.75, 3.05) is 70.9 Å². The molecule has 1 aromatic heterocycles. The molecule has 0 aliphatic carbocycles. The largest absolute Gasteiger partial charge is 0.370 e. The van der Waals surface area contributed by atoms with Gasteiger partial charge in [0.15, 0.2) is 5.96 Å². The van der Waals surface area contributed by atoms with Gasteiger partial charge in [-0.15, -0.1) is 0 Å². The minimum Gasteiger partial charge on any atom is -0.370 e. The van der Waals surface area contributed by atoms with Crippen molar-refractivity contribution in [2.45, 2.75) is 12.5 Å². The molecular weight excluding hydrogens is 390 g/mol. The predicted octanol–water partition coefficient (Wildman–Crippen LogP) is 1.58. The van der Waals surface area contributed by atoms with Gasteiger partial charge in [0.05, 0.1) is 19.3 Å². The summed E-state index contributed by atoms with van der Waals surface area (Å²) in [5.74, 6) is 0.964. The number of piperazine rings is 1. The van der Waals surface area contributed by atoms with Crippen LogP contribution in [0.4, 0.5) is 5.69 Å². The summed E-state index contributed by atoms with van der Waals surface area (Å²) in [6.45, 7) is 8.86. The molecular formula is C23H35N7O. The fraction of sp³-hybridized carbons (Fsp3) is 0.565. The van der Waals surface area contributed by atoms with Crippen LogP contribution in [-0.2, 0) is 11.8 Å². The predicted molar refractivity (Wildman–Crippen MR) is 125 cm³/mol. The van der Waals surface area contributed by atoms with Gasteiger partial charge in [0, 0.05) is 70.8 Å². The molecule has 1 atom stereocenters. The summed E-state index contributed by atoms with van der Waals surface area (Å²) < 4.78 is 7.78. The number of para-hydroxylation sites is 1. The highest BCUT2D eigenvalue weighted by Crippen LogP contribution is 2.21. The number of hydrogen-bond donors (Lipinski definition) is 1. The topological polar surface area (TPSA) is 61.2 Å². The van der Waals surface area contributed by atoms with Crippen molar-refractivity contribution in [2.24, 2.45) is 12.0 Å². The number of guanidine groups is 1. The second kappa shape index (κ2) is 10.6. The van der Waals surface area contributed by atoms with Crippen LogP contribution in [0.1, 0.15) is 18.1 Å². The van der Waals surface area contributed by atoms with E-state index in [9.17, 15) is 0 Å². The standard InChI is InChI=1S/C23H35N7O/c1-24-23(30-15-16-31-22(19-30)20-17-26-27(2)18-20)25-9-6-10-28-11-13-29(14-12-28)21-7-4-3-5-8-21/h3-5,7-8,17-18,22H,6,9-16,19H2,1-2H3,(H,24,25). The third-order valence-electron chi connectivity index (χ3n) is 6.10. The third kappa shape index (κ3) is 5.77. The van der Waals surface area contributed by atoms with Crippen LogP contribution in [-0.4, -0.2) is 91.6 Å². The van der Waals surface area contributed by atoms with E-state index in [-0.39, 0.29) is 6.10 Å². The van der Waals surface area contributed by atoms with Gasteiger partial charge in [-0.1, -0.05) is 18.2 Å². The number of aromatic nitrogens is 2. The molecule has 2 fully saturated rings. The molecule has 2 aromatic rings. The van der Waals surface area contributed by atoms with E-state index in [1.54, 1.807) is 0 Å². The van der Waals surface area contributed by atoms with Crippen LogP contribution < -0.4 is 10.2 Å². The molecule has 2 saturated heterocycles. The van der Waals surface area contributed by atoms with Gasteiger partial charge in [0.25, 0.3) is 0 Å². The van der Waals surface area contributed by atoms with Gasteiger partial charge < -0.3 is 19.9 Å². The molecule has 0 radical (unpaired) electrons. The maximum absolute atomic E-state index is 5.96. The Bertz CT molecular complexity index is 829. The number of aryl methyl sites for hydroxylation is 1. The number of morpholine rings is 1. The van der Waals surface area contributed by atoms with E-state index in [0.717, 1.165) is 70.3 Å². The van der Waals surface area contributed by atoms with Crippen molar-refractivity contribution in [1.82, 2.24) is 24.9 Å². The lowest BCUT2D eigenvalue weighted by atomic mass is 10.1. The van der Waals surface area contributed by atoms with Crippen molar-refractivity contribution < 1.29 is 4.74 Å². The molecule has 8 nitrogen and oxygen atoms in total. The van der Waals surface area contributed by atoms with Crippen molar-refractivity contribution in [1.29, 1.82) is 0 Å². The zero-order chi connectivity index (χ0) is 21.5. The Kier molecular flexibility index (Phi) is 7.43. The number of aliphatic imine (C=N–C) groups is 1. The van der Waals surface area contributed by atoms with E-state index < -0.39 is 0 Å². The number of rotatable bonds is 6. The normalized spacial score (nSPS) is 20.8. The van der Waals surface area contributed by atoms with Crippen molar-refractivity contribution >= 4 is 11.6 Å². The van der Waals surface area contributed by atoms with Gasteiger partial charge in [0.2, 0.25) is 0 Å². The van der Waals surface area contributed by atoms with Crippen molar-refractivity contribution in [3.05, 3.63) is 48.3 Å². The molecule has 1 aromatic carbocycles. The van der Waals surface area contributed by atoms with Crippen LogP contribution in [0.5, 0.6) is 0 Å². The number of anilines is 1. The van der Waals surface area contributed by atoms with Gasteiger partial charge in [-0.3, -0.25) is 14.6 Å². The average molecular weight is 426 g/mol. The number of hydrogen-bond acceptors (Lipinski definition) is 5. The number of nitrogens with one attached hydrogen (secondary N) is 1. The quantitative estimate of drug-likeness (QED) is 0.431. The first-order valence-electron chi connectivity index (χ1n) is 11.3. The van der Waals surface area contributed by atoms with E-state index >= 15 is 0 Å². The molecule has 0 bridgehead atoms. The molecule has 2 aliphatic rings. The molecule has 0 spiro atoms. The highest BCUT2D eigenvalue weighted by molar-refractivity contribution is 5.80. The Morgan fingerprint density at radius 1 is 1.16 bits per heavy atom. The Balaban J connectivity index is 1.17. The van der Waals surface area contributed by atoms with Crippen LogP contribution in [0.3, 0.4) is 0 Å². The Labute approximate surface area is 185 Å². The molecule has 2 aliphatic heterocycles. The molecule has 8 heteroatoms. The maximum Gasteiger partial charge on any atom is 0.193 e. The van der Waals surface area contributed by atoms with E-state index in [4.69, 9.17) is 4.74 Å². The first-order chi connectivity index (χ1) is 15.2. The lowest BCUT2D eigenvalue weighted by Gasteiger charge is -2.36. The van der Waals surface area contributed by atoms with E-state index in [1.165, 1.54) is 5.69 Å². The van der Waals surface area contributed by atoms with E-state index in [1.807, 2.05) is 31.2 Å². The number of nitrogens with zero attached hydrogens (tertiary/aromatic N) is 6. The molecule has 1 N–H and O–H groups in total. The SMILES string of the molecule is CN=C(NCCCN1CCN(c2ccccc2)CC1)N1CCOC(c2cnn(C)c2)C1. The van der Waals surface area contributed by atoms with Crippen LogP contribution >= 0.6 is 0 Å². The summed E-state index contributed by atoms with van der Waals surface area (Å²) in [5.41, 5.74) is 2.46. The van der Waals surface area contributed by atoms with Crippen LogP contribution in [0.25, 0.3) is 0 Å². The Morgan fingerprint density at radius 3 is 2.68 bits per heavy atom. The molecule has 4 rings (SSSR count). The van der Waals surface area contributed by atoms with E-state index in [0.29, 0.717) is 6.61 Å². The number of benzene rings is 1. The molecule has 3 heterocycles. The second-order valence-corrected chi connectivity index (χ2v) is 8.24. The minimum absolute atomic E-state index is 0.0434. The average Bonchev–Trinajstić information content (AvgIpc) is 3.26. The van der Waals surface area contributed by atoms with Crippen LogP contribution in [0.2, 0.25) is 0 Å². The summed E-state index contributed by atoms with van der Waals surface area (Å²) in [7, 11) is 3.80. The molecule has 0 amide bonds. The maximum atomic E-state index is 5.96. The Morgan fingerprint density at radius 2 is 1.97 bits per heavy atom. The summed E-state index contributed by atoms with van der Waals surface area (Å²) in [6.07, 6.45) is 5.08. The van der Waals surface area contributed by atoms with Crippen LogP contribution in [0, 0.1) is 0 Å². The second-order valence-electron chi connectivity index (χ2n) is 8.24. The fourth-order valence-electron chi connectivity index (χ4n) is 4.35. The smallest absolute Gasteiger partial charge is 0.193 e. The summed E-state index contributed by atoms with van der Waals surface area (Å²) >= 11 is 0. The Hall–Kier alpha value is -2.58. The van der Waals surface area contributed by atoms with E-state index in [2.05, 4.69) is 60.4 Å². The van der Waals surface area contributed by atoms with Gasteiger partial charge in [-0.05, 0) is 25.1 Å². The molecule has 1 unspecified atom stereocenters. The monoisotopic (exact) mass is 425 g/mol. The molecule has 0 saturated carbocycles. The van der Waals surface area contributed by atoms with Gasteiger partial charge >= 0.3 is 0 Å². The molecule has 168 valence electrons. The van der Waals surface area contributed by atoms with Crippen molar-refractivity contribution in [3.8, 4) is 0 Å². The lowest BCUT2D eigenvalue weighted by molar-refractivity contribution is -0.00802. The third-order valence-corrected chi connectivity index (χ3v) is 6.10. The van der Waals surface area contributed by atoms with Gasteiger partial charge in [0.1, 0.15) is 6.10 Å². The first kappa shape index (κ1) is 21.6. The molecule has 31 heavy (non-hydrogen) atoms. The first-order valence-corrected chi connectivity index (χ1v) is 11.3. The van der Waals surface area contributed by atoms with Crippen molar-refractivity contribution in [3.63, 3.8) is 0 Å². The van der Waals surface area contributed by atoms with Gasteiger partial charge in [-0.25, -0.2) is 0 Å². The number of ether oxygens (including phenoxy) is 1. The summed E-state index contributed by atoms with van der Waals surface area (Å²) in [5, 5.41) is 7.83. The summed E-state index contributed by atoms with van der Waals surface area (Å²) in [6, 6.07) is 10.7. The van der Waals surface area contributed by atoms with Gasteiger partial charge in [-0.2, -0.15) is 5.10 Å². The van der Waals surface area contributed by atoms with Crippen LogP contribution in [0.15, 0.2) is 47.7 Å². The summed E-state index contributed by atoms with van der Waals surface area (Å²) in [4.78, 5) is 11.8. The highest BCUT2D eigenvalue weighted by Gasteiger charge is 2.25. The lowest BCUT2D eigenvalue weighted by Crippen LogP contribution is -2.49. The minimum atomic E-state index is 0.0434.